The van der Waals surface area contributed by atoms with Crippen LogP contribution in [-0.2, 0) is 0 Å². The maximum absolute atomic E-state index is 11.0. The Bertz CT molecular complexity index is 675. The molecule has 0 amide bonds. The van der Waals surface area contributed by atoms with Crippen molar-refractivity contribution in [1.29, 1.82) is 5.26 Å². The number of carboxylic acid groups (broad SMARTS) is 1. The van der Waals surface area contributed by atoms with Crippen LogP contribution in [0.3, 0.4) is 0 Å². The number of benzene rings is 2. The molecular weight excluding hydrogens is 242 g/mol. The molecule has 0 saturated heterocycles. The highest BCUT2D eigenvalue weighted by Crippen LogP contribution is 2.23. The molecule has 0 aromatic heterocycles. The molecule has 0 spiro atoms. The maximum Gasteiger partial charge on any atom is 0.337 e. The smallest absolute Gasteiger partial charge is 0.337 e. The van der Waals surface area contributed by atoms with Gasteiger partial charge < -0.3 is 16.2 Å². The number of carbonyl (C=O) groups is 1. The summed E-state index contributed by atoms with van der Waals surface area (Å²) >= 11 is 0. The number of anilines is 3. The van der Waals surface area contributed by atoms with Crippen LogP contribution in [0.2, 0.25) is 0 Å². The minimum Gasteiger partial charge on any atom is -0.478 e. The number of nitrogens with zero attached hydrogens (tertiary/aromatic N) is 1. The van der Waals surface area contributed by atoms with Crippen molar-refractivity contribution in [3.63, 3.8) is 0 Å². The van der Waals surface area contributed by atoms with E-state index >= 15 is 0 Å². The molecular formula is C14H11N3O2. The van der Waals surface area contributed by atoms with Crippen LogP contribution in [0.5, 0.6) is 0 Å². The quantitative estimate of drug-likeness (QED) is 0.730. The number of nitrogens with two attached hydrogens (primary N) is 1. The third-order valence-corrected chi connectivity index (χ3v) is 2.61. The van der Waals surface area contributed by atoms with Crippen molar-refractivity contribution >= 4 is 23.0 Å². The van der Waals surface area contributed by atoms with Crippen LogP contribution >= 0.6 is 0 Å². The van der Waals surface area contributed by atoms with Crippen molar-refractivity contribution in [1.82, 2.24) is 0 Å². The van der Waals surface area contributed by atoms with E-state index in [9.17, 15) is 4.79 Å². The number of hydrogen-bond donors (Lipinski definition) is 3. The average molecular weight is 253 g/mol. The lowest BCUT2D eigenvalue weighted by Crippen LogP contribution is -2.03. The van der Waals surface area contributed by atoms with E-state index in [-0.39, 0.29) is 11.3 Å². The zero-order valence-electron chi connectivity index (χ0n) is 9.92. The van der Waals surface area contributed by atoms with E-state index in [2.05, 4.69) is 11.4 Å². The van der Waals surface area contributed by atoms with E-state index in [0.717, 1.165) is 0 Å². The highest BCUT2D eigenvalue weighted by molar-refractivity contribution is 5.95. The Hall–Kier alpha value is -3.00. The molecule has 4 N–H and O–H groups in total. The van der Waals surface area contributed by atoms with Gasteiger partial charge in [-0.1, -0.05) is 12.1 Å². The lowest BCUT2D eigenvalue weighted by Gasteiger charge is -2.09. The second-order valence-electron chi connectivity index (χ2n) is 3.89. The van der Waals surface area contributed by atoms with E-state index in [1.807, 2.05) is 0 Å². The summed E-state index contributed by atoms with van der Waals surface area (Å²) in [5.41, 5.74) is 7.47. The van der Waals surface area contributed by atoms with Gasteiger partial charge in [0.05, 0.1) is 16.8 Å². The third-order valence-electron chi connectivity index (χ3n) is 2.61. The fourth-order valence-corrected chi connectivity index (χ4v) is 1.66. The van der Waals surface area contributed by atoms with Gasteiger partial charge in [0.25, 0.3) is 0 Å². The molecule has 2 aromatic carbocycles. The molecule has 2 rings (SSSR count). The molecule has 0 heterocycles. The molecule has 0 radical (unpaired) electrons. The van der Waals surface area contributed by atoms with Crippen LogP contribution in [0.4, 0.5) is 17.1 Å². The lowest BCUT2D eigenvalue weighted by molar-refractivity contribution is 0.0698. The van der Waals surface area contributed by atoms with Gasteiger partial charge in [0.1, 0.15) is 6.07 Å². The summed E-state index contributed by atoms with van der Waals surface area (Å²) in [7, 11) is 0. The van der Waals surface area contributed by atoms with Gasteiger partial charge in [-0.05, 0) is 30.3 Å². The molecule has 0 unspecified atom stereocenters. The van der Waals surface area contributed by atoms with Gasteiger partial charge in [0.2, 0.25) is 0 Å². The molecule has 0 fully saturated rings. The Labute approximate surface area is 109 Å². The first kappa shape index (κ1) is 12.5. The molecule has 0 bridgehead atoms. The molecule has 19 heavy (non-hydrogen) atoms. The molecule has 0 aliphatic heterocycles. The van der Waals surface area contributed by atoms with Crippen LogP contribution in [0.25, 0.3) is 0 Å². The molecule has 0 aliphatic rings. The number of nitrogen functional groups attached to an aromatic ring is 1. The zero-order chi connectivity index (χ0) is 13.8. The molecule has 0 aliphatic carbocycles. The summed E-state index contributed by atoms with van der Waals surface area (Å²) in [6.45, 7) is 0. The Morgan fingerprint density at radius 2 is 2.00 bits per heavy atom. The molecule has 5 heteroatoms. The SMILES string of the molecule is N#Cc1ccccc1Nc1ccc(N)c(C(=O)O)c1. The Morgan fingerprint density at radius 1 is 1.26 bits per heavy atom. The van der Waals surface area contributed by atoms with Crippen molar-refractivity contribution in [2.75, 3.05) is 11.1 Å². The lowest BCUT2D eigenvalue weighted by atomic mass is 10.1. The second-order valence-corrected chi connectivity index (χ2v) is 3.89. The summed E-state index contributed by atoms with van der Waals surface area (Å²) in [6, 6.07) is 13.6. The average Bonchev–Trinajstić information content (AvgIpc) is 2.41. The van der Waals surface area contributed by atoms with Crippen molar-refractivity contribution in [3.05, 3.63) is 53.6 Å². The first-order valence-electron chi connectivity index (χ1n) is 5.51. The molecule has 0 saturated carbocycles. The molecule has 5 nitrogen and oxygen atoms in total. The standard InChI is InChI=1S/C14H11N3O2/c15-8-9-3-1-2-4-13(9)17-10-5-6-12(16)11(7-10)14(18)19/h1-7,17H,16H2,(H,18,19). The fourth-order valence-electron chi connectivity index (χ4n) is 1.66. The minimum atomic E-state index is -1.09. The second kappa shape index (κ2) is 5.10. The Morgan fingerprint density at radius 3 is 2.68 bits per heavy atom. The number of rotatable bonds is 3. The van der Waals surface area contributed by atoms with Gasteiger partial charge in [0, 0.05) is 11.4 Å². The van der Waals surface area contributed by atoms with Crippen molar-refractivity contribution in [2.45, 2.75) is 0 Å². The summed E-state index contributed by atoms with van der Waals surface area (Å²) in [5.74, 6) is -1.09. The number of carboxylic acids is 1. The van der Waals surface area contributed by atoms with Crippen molar-refractivity contribution in [2.24, 2.45) is 0 Å². The summed E-state index contributed by atoms with van der Waals surface area (Å²) in [4.78, 5) is 11.0. The van der Waals surface area contributed by atoms with Gasteiger partial charge in [0.15, 0.2) is 0 Å². The van der Waals surface area contributed by atoms with E-state index in [4.69, 9.17) is 16.1 Å². The van der Waals surface area contributed by atoms with E-state index < -0.39 is 5.97 Å². The van der Waals surface area contributed by atoms with Crippen molar-refractivity contribution < 1.29 is 9.90 Å². The number of hydrogen-bond acceptors (Lipinski definition) is 4. The Balaban J connectivity index is 2.37. The van der Waals surface area contributed by atoms with Crippen molar-refractivity contribution in [3.8, 4) is 6.07 Å². The number of nitrogens with one attached hydrogen (secondary N) is 1. The number of nitriles is 1. The zero-order valence-corrected chi connectivity index (χ0v) is 9.92. The first-order valence-corrected chi connectivity index (χ1v) is 5.51. The van der Waals surface area contributed by atoms with Gasteiger partial charge in [-0.25, -0.2) is 4.79 Å². The molecule has 94 valence electrons. The summed E-state index contributed by atoms with van der Waals surface area (Å²) < 4.78 is 0. The molecule has 2 aromatic rings. The minimum absolute atomic E-state index is 0.0273. The number of para-hydroxylation sites is 1. The predicted octanol–water partition coefficient (Wildman–Crippen LogP) is 2.58. The third kappa shape index (κ3) is 2.64. The Kier molecular flexibility index (Phi) is 3.35. The van der Waals surface area contributed by atoms with Crippen LogP contribution < -0.4 is 11.1 Å². The van der Waals surface area contributed by atoms with Gasteiger partial charge in [-0.2, -0.15) is 5.26 Å². The van der Waals surface area contributed by atoms with Gasteiger partial charge >= 0.3 is 5.97 Å². The van der Waals surface area contributed by atoms with Crippen LogP contribution in [0.1, 0.15) is 15.9 Å². The van der Waals surface area contributed by atoms with Gasteiger partial charge in [-0.15, -0.1) is 0 Å². The largest absolute Gasteiger partial charge is 0.478 e. The molecule has 0 atom stereocenters. The monoisotopic (exact) mass is 253 g/mol. The van der Waals surface area contributed by atoms with Gasteiger partial charge in [-0.3, -0.25) is 0 Å². The van der Waals surface area contributed by atoms with Crippen LogP contribution in [0, 0.1) is 11.3 Å². The first-order chi connectivity index (χ1) is 9.11. The highest BCUT2D eigenvalue weighted by Gasteiger charge is 2.09. The normalized spacial score (nSPS) is 9.63. The summed E-state index contributed by atoms with van der Waals surface area (Å²) in [6.07, 6.45) is 0. The fraction of sp³-hybridized carbons (Fsp3) is 0. The highest BCUT2D eigenvalue weighted by atomic mass is 16.4. The van der Waals surface area contributed by atoms with Crippen LogP contribution in [-0.4, -0.2) is 11.1 Å². The van der Waals surface area contributed by atoms with Crippen LogP contribution in [0.15, 0.2) is 42.5 Å². The van der Waals surface area contributed by atoms with E-state index in [1.54, 1.807) is 30.3 Å². The topological polar surface area (TPSA) is 99.1 Å². The maximum atomic E-state index is 11.0. The predicted molar refractivity (Wildman–Crippen MR) is 72.3 cm³/mol. The van der Waals surface area contributed by atoms with E-state index in [0.29, 0.717) is 16.9 Å². The number of aromatic carboxylic acids is 1. The summed E-state index contributed by atoms with van der Waals surface area (Å²) in [5, 5.41) is 21.0. The van der Waals surface area contributed by atoms with E-state index in [1.165, 1.54) is 12.1 Å².